The zero-order valence-electron chi connectivity index (χ0n) is 17.7. The fraction of sp³-hybridized carbons (Fsp3) is 0.292. The van der Waals surface area contributed by atoms with E-state index in [4.69, 9.17) is 11.6 Å². The van der Waals surface area contributed by atoms with Crippen molar-refractivity contribution in [3.63, 3.8) is 0 Å². The quantitative estimate of drug-likeness (QED) is 0.632. The molecule has 1 saturated heterocycles. The maximum atomic E-state index is 13.2. The topological polar surface area (TPSA) is 67.2 Å². The lowest BCUT2D eigenvalue weighted by Crippen LogP contribution is -2.46. The SMILES string of the molecule is Cc1nn(Cc2ccccc2)c(Cl)c1C(=O)N1CCC(NC(=O)c2ccc(F)cc2)CC1. The van der Waals surface area contributed by atoms with Gasteiger partial charge >= 0.3 is 0 Å². The molecule has 0 atom stereocenters. The summed E-state index contributed by atoms with van der Waals surface area (Å²) in [6.07, 6.45) is 1.26. The number of benzene rings is 2. The van der Waals surface area contributed by atoms with Gasteiger partial charge in [0.15, 0.2) is 0 Å². The van der Waals surface area contributed by atoms with Gasteiger partial charge in [-0.1, -0.05) is 41.9 Å². The molecule has 1 fully saturated rings. The molecule has 8 heteroatoms. The summed E-state index contributed by atoms with van der Waals surface area (Å²) < 4.78 is 14.7. The summed E-state index contributed by atoms with van der Waals surface area (Å²) in [4.78, 5) is 27.3. The normalized spacial score (nSPS) is 14.4. The van der Waals surface area contributed by atoms with E-state index < -0.39 is 0 Å². The Morgan fingerprint density at radius 3 is 2.41 bits per heavy atom. The maximum Gasteiger partial charge on any atom is 0.258 e. The van der Waals surface area contributed by atoms with Crippen LogP contribution in [-0.2, 0) is 6.54 Å². The Balaban J connectivity index is 1.37. The summed E-state index contributed by atoms with van der Waals surface area (Å²) in [5.74, 6) is -0.764. The molecule has 3 aromatic rings. The van der Waals surface area contributed by atoms with Gasteiger partial charge in [-0.25, -0.2) is 9.07 Å². The molecule has 0 saturated carbocycles. The standard InChI is InChI=1S/C24H24ClFN4O2/c1-16-21(22(25)30(28-16)15-17-5-3-2-4-6-17)24(32)29-13-11-20(12-14-29)27-23(31)18-7-9-19(26)10-8-18/h2-10,20H,11-15H2,1H3,(H,27,31). The highest BCUT2D eigenvalue weighted by Gasteiger charge is 2.29. The first-order valence-electron chi connectivity index (χ1n) is 10.5. The minimum Gasteiger partial charge on any atom is -0.349 e. The van der Waals surface area contributed by atoms with Crippen LogP contribution >= 0.6 is 11.6 Å². The second-order valence-corrected chi connectivity index (χ2v) is 8.30. The van der Waals surface area contributed by atoms with Gasteiger partial charge in [0.25, 0.3) is 11.8 Å². The smallest absolute Gasteiger partial charge is 0.258 e. The third-order valence-electron chi connectivity index (χ3n) is 5.68. The molecule has 0 radical (unpaired) electrons. The van der Waals surface area contributed by atoms with Gasteiger partial charge in [0, 0.05) is 24.7 Å². The average Bonchev–Trinajstić information content (AvgIpc) is 3.07. The fourth-order valence-corrected chi connectivity index (χ4v) is 4.23. The molecule has 166 valence electrons. The Morgan fingerprint density at radius 2 is 1.75 bits per heavy atom. The summed E-state index contributed by atoms with van der Waals surface area (Å²) >= 11 is 6.54. The number of aryl methyl sites for hydroxylation is 1. The Hall–Kier alpha value is -3.19. The van der Waals surface area contributed by atoms with Crippen LogP contribution < -0.4 is 5.32 Å². The molecule has 1 aliphatic rings. The van der Waals surface area contributed by atoms with Crippen molar-refractivity contribution in [2.24, 2.45) is 0 Å². The van der Waals surface area contributed by atoms with E-state index in [0.717, 1.165) is 5.56 Å². The summed E-state index contributed by atoms with van der Waals surface area (Å²) in [5, 5.41) is 7.77. The second-order valence-electron chi connectivity index (χ2n) is 7.94. The molecule has 1 aromatic heterocycles. The van der Waals surface area contributed by atoms with Gasteiger partial charge in [-0.3, -0.25) is 9.59 Å². The molecule has 2 heterocycles. The molecular formula is C24H24ClFN4O2. The second kappa shape index (κ2) is 9.53. The molecule has 6 nitrogen and oxygen atoms in total. The minimum absolute atomic E-state index is 0.0472. The van der Waals surface area contributed by atoms with Gasteiger partial charge in [-0.15, -0.1) is 0 Å². The van der Waals surface area contributed by atoms with Crippen LogP contribution in [0.15, 0.2) is 54.6 Å². The molecule has 2 aromatic carbocycles. The summed E-state index contributed by atoms with van der Waals surface area (Å²) in [6, 6.07) is 15.2. The molecule has 2 amide bonds. The van der Waals surface area contributed by atoms with Crippen LogP contribution in [0.25, 0.3) is 0 Å². The van der Waals surface area contributed by atoms with Crippen molar-refractivity contribution >= 4 is 23.4 Å². The van der Waals surface area contributed by atoms with Crippen LogP contribution in [0.3, 0.4) is 0 Å². The van der Waals surface area contributed by atoms with Crippen LogP contribution in [0, 0.1) is 12.7 Å². The lowest BCUT2D eigenvalue weighted by molar-refractivity contribution is 0.0697. The van der Waals surface area contributed by atoms with E-state index in [2.05, 4.69) is 10.4 Å². The van der Waals surface area contributed by atoms with E-state index >= 15 is 0 Å². The van der Waals surface area contributed by atoms with E-state index in [9.17, 15) is 14.0 Å². The van der Waals surface area contributed by atoms with Crippen LogP contribution in [0.1, 0.15) is 44.8 Å². The number of piperidine rings is 1. The van der Waals surface area contributed by atoms with Gasteiger partial charge in [0.2, 0.25) is 0 Å². The third kappa shape index (κ3) is 4.83. The number of hydrogen-bond acceptors (Lipinski definition) is 3. The molecule has 4 rings (SSSR count). The Labute approximate surface area is 191 Å². The van der Waals surface area contributed by atoms with E-state index in [1.54, 1.807) is 16.5 Å². The number of rotatable bonds is 5. The molecule has 0 spiro atoms. The Morgan fingerprint density at radius 1 is 1.09 bits per heavy atom. The van der Waals surface area contributed by atoms with Gasteiger partial charge in [-0.2, -0.15) is 5.10 Å². The number of carbonyl (C=O) groups is 2. The van der Waals surface area contributed by atoms with Gasteiger partial charge < -0.3 is 10.2 Å². The zero-order chi connectivity index (χ0) is 22.7. The molecule has 0 unspecified atom stereocenters. The number of amides is 2. The highest BCUT2D eigenvalue weighted by atomic mass is 35.5. The predicted molar refractivity (Wildman–Crippen MR) is 120 cm³/mol. The minimum atomic E-state index is -0.380. The van der Waals surface area contributed by atoms with Crippen LogP contribution in [0.5, 0.6) is 0 Å². The van der Waals surface area contributed by atoms with Crippen molar-refractivity contribution < 1.29 is 14.0 Å². The number of nitrogens with zero attached hydrogens (tertiary/aromatic N) is 3. The van der Waals surface area contributed by atoms with Crippen molar-refractivity contribution in [2.75, 3.05) is 13.1 Å². The fourth-order valence-electron chi connectivity index (χ4n) is 3.91. The first-order valence-corrected chi connectivity index (χ1v) is 10.9. The van der Waals surface area contributed by atoms with E-state index in [1.807, 2.05) is 30.3 Å². The number of halogens is 2. The highest BCUT2D eigenvalue weighted by Crippen LogP contribution is 2.24. The van der Waals surface area contributed by atoms with Crippen LogP contribution in [-0.4, -0.2) is 45.6 Å². The van der Waals surface area contributed by atoms with Crippen molar-refractivity contribution in [1.29, 1.82) is 0 Å². The lowest BCUT2D eigenvalue weighted by atomic mass is 10.0. The number of nitrogens with one attached hydrogen (secondary N) is 1. The molecule has 0 aliphatic carbocycles. The number of hydrogen-bond donors (Lipinski definition) is 1. The summed E-state index contributed by atoms with van der Waals surface area (Å²) in [5.41, 5.74) is 2.49. The zero-order valence-corrected chi connectivity index (χ0v) is 18.5. The van der Waals surface area contributed by atoms with Crippen LogP contribution in [0.4, 0.5) is 4.39 Å². The highest BCUT2D eigenvalue weighted by molar-refractivity contribution is 6.33. The average molecular weight is 455 g/mol. The molecule has 1 N–H and O–H groups in total. The first-order chi connectivity index (χ1) is 15.4. The number of likely N-dealkylation sites (tertiary alicyclic amines) is 1. The van der Waals surface area contributed by atoms with Crippen molar-refractivity contribution in [3.05, 3.63) is 88.0 Å². The van der Waals surface area contributed by atoms with Gasteiger partial charge in [0.05, 0.1) is 17.8 Å². The predicted octanol–water partition coefficient (Wildman–Crippen LogP) is 4.07. The monoisotopic (exact) mass is 454 g/mol. The largest absolute Gasteiger partial charge is 0.349 e. The molecule has 1 aliphatic heterocycles. The molecular weight excluding hydrogens is 431 g/mol. The van der Waals surface area contributed by atoms with Crippen molar-refractivity contribution in [1.82, 2.24) is 20.0 Å². The third-order valence-corrected chi connectivity index (χ3v) is 6.06. The first kappa shape index (κ1) is 22.0. The number of carbonyl (C=O) groups excluding carboxylic acids is 2. The summed E-state index contributed by atoms with van der Waals surface area (Å²) in [6.45, 7) is 3.29. The Kier molecular flexibility index (Phi) is 6.55. The number of aromatic nitrogens is 2. The molecule has 32 heavy (non-hydrogen) atoms. The molecule has 0 bridgehead atoms. The van der Waals surface area contributed by atoms with Crippen molar-refractivity contribution in [2.45, 2.75) is 32.4 Å². The summed E-state index contributed by atoms with van der Waals surface area (Å²) in [7, 11) is 0. The van der Waals surface area contributed by atoms with E-state index in [-0.39, 0.29) is 23.7 Å². The van der Waals surface area contributed by atoms with E-state index in [0.29, 0.717) is 54.4 Å². The van der Waals surface area contributed by atoms with Gasteiger partial charge in [-0.05, 0) is 49.6 Å². The lowest BCUT2D eigenvalue weighted by Gasteiger charge is -2.32. The van der Waals surface area contributed by atoms with Crippen LogP contribution in [0.2, 0.25) is 5.15 Å². The maximum absolute atomic E-state index is 13.2. The van der Waals surface area contributed by atoms with E-state index in [1.165, 1.54) is 24.3 Å². The van der Waals surface area contributed by atoms with Crippen molar-refractivity contribution in [3.8, 4) is 0 Å². The van der Waals surface area contributed by atoms with Gasteiger partial charge in [0.1, 0.15) is 11.0 Å². The Bertz CT molecular complexity index is 1110.